The van der Waals surface area contributed by atoms with Gasteiger partial charge in [-0.1, -0.05) is 43.2 Å². The van der Waals surface area contributed by atoms with Gasteiger partial charge in [-0.3, -0.25) is 4.79 Å². The number of aryl methyl sites for hydroxylation is 1. The number of carbonyl (C=O) groups excluding carboxylic acids is 1. The van der Waals surface area contributed by atoms with Crippen molar-refractivity contribution in [3.05, 3.63) is 59.7 Å². The first-order valence-electron chi connectivity index (χ1n) is 7.96. The van der Waals surface area contributed by atoms with Crippen molar-refractivity contribution in [3.63, 3.8) is 0 Å². The second-order valence-corrected chi connectivity index (χ2v) is 7.73. The van der Waals surface area contributed by atoms with E-state index in [0.717, 1.165) is 16.3 Å². The van der Waals surface area contributed by atoms with Gasteiger partial charge in [0.15, 0.2) is 0 Å². The molecule has 2 aromatic rings. The molecule has 3 rings (SSSR count). The van der Waals surface area contributed by atoms with Crippen LogP contribution >= 0.6 is 0 Å². The van der Waals surface area contributed by atoms with Gasteiger partial charge in [0.2, 0.25) is 0 Å². The summed E-state index contributed by atoms with van der Waals surface area (Å²) in [6.45, 7) is 3.85. The van der Waals surface area contributed by atoms with Crippen LogP contribution in [0.2, 0.25) is 0 Å². The molecule has 0 saturated carbocycles. The van der Waals surface area contributed by atoms with E-state index in [1.807, 2.05) is 19.9 Å². The summed E-state index contributed by atoms with van der Waals surface area (Å²) in [7, 11) is -3.92. The van der Waals surface area contributed by atoms with E-state index in [1.165, 1.54) is 0 Å². The molecular formula is C18H20N2O3S. The Balaban J connectivity index is 2.09. The fraction of sp³-hybridized carbons (Fsp3) is 0.278. The van der Waals surface area contributed by atoms with Gasteiger partial charge in [0.25, 0.3) is 15.9 Å². The lowest BCUT2D eigenvalue weighted by molar-refractivity contribution is 0.0817. The maximum atomic E-state index is 13.1. The lowest BCUT2D eigenvalue weighted by Gasteiger charge is -2.36. The van der Waals surface area contributed by atoms with E-state index in [0.29, 0.717) is 17.7 Å². The highest BCUT2D eigenvalue weighted by Gasteiger charge is 2.40. The Morgan fingerprint density at radius 1 is 1.08 bits per heavy atom. The largest absolute Gasteiger partial charge is 0.364 e. The van der Waals surface area contributed by atoms with Crippen molar-refractivity contribution >= 4 is 21.6 Å². The van der Waals surface area contributed by atoms with Crippen molar-refractivity contribution in [1.29, 1.82) is 0 Å². The third-order valence-corrected chi connectivity index (χ3v) is 5.91. The number of fused-ring (bicyclic) bond motifs is 1. The molecule has 5 nitrogen and oxygen atoms in total. The number of hydrogen-bond donors (Lipinski definition) is 1. The molecule has 0 bridgehead atoms. The summed E-state index contributed by atoms with van der Waals surface area (Å²) in [5.74, 6) is -0.483. The van der Waals surface area contributed by atoms with Crippen molar-refractivity contribution in [3.8, 4) is 0 Å². The molecule has 1 N–H and O–H groups in total. The van der Waals surface area contributed by atoms with Crippen LogP contribution in [0.15, 0.2) is 53.4 Å². The predicted molar refractivity (Wildman–Crippen MR) is 93.3 cm³/mol. The van der Waals surface area contributed by atoms with Gasteiger partial charge in [-0.25, -0.2) is 12.7 Å². The van der Waals surface area contributed by atoms with Gasteiger partial charge < -0.3 is 5.32 Å². The molecule has 0 saturated heterocycles. The molecular weight excluding hydrogens is 324 g/mol. The zero-order valence-electron chi connectivity index (χ0n) is 13.7. The minimum atomic E-state index is -3.92. The van der Waals surface area contributed by atoms with E-state index >= 15 is 0 Å². The zero-order chi connectivity index (χ0) is 17.3. The monoisotopic (exact) mass is 344 g/mol. The summed E-state index contributed by atoms with van der Waals surface area (Å²) in [5, 5.41) is 3.19. The Morgan fingerprint density at radius 3 is 2.42 bits per heavy atom. The molecule has 1 atom stereocenters. The number of hydrogen-bond acceptors (Lipinski definition) is 4. The zero-order valence-corrected chi connectivity index (χ0v) is 14.5. The van der Waals surface area contributed by atoms with Crippen molar-refractivity contribution in [2.75, 3.05) is 5.32 Å². The molecule has 0 spiro atoms. The van der Waals surface area contributed by atoms with E-state index < -0.39 is 22.1 Å². The SMILES string of the molecule is CCCC1Nc2ccccc2C(=O)N1S(=O)(=O)c1ccc(C)cc1. The van der Waals surface area contributed by atoms with Crippen LogP contribution in [-0.2, 0) is 10.0 Å². The first kappa shape index (κ1) is 16.5. The van der Waals surface area contributed by atoms with Crippen LogP contribution in [0.4, 0.5) is 5.69 Å². The minimum Gasteiger partial charge on any atom is -0.364 e. The molecule has 24 heavy (non-hydrogen) atoms. The van der Waals surface area contributed by atoms with E-state index in [2.05, 4.69) is 5.32 Å². The Labute approximate surface area is 142 Å². The first-order valence-corrected chi connectivity index (χ1v) is 9.40. The normalized spacial score (nSPS) is 17.3. The third-order valence-electron chi connectivity index (χ3n) is 4.10. The van der Waals surface area contributed by atoms with Gasteiger partial charge in [0, 0.05) is 5.69 Å². The maximum absolute atomic E-state index is 13.1. The molecule has 2 aromatic carbocycles. The average molecular weight is 344 g/mol. The summed E-state index contributed by atoms with van der Waals surface area (Å²) in [4.78, 5) is 13.0. The van der Waals surface area contributed by atoms with Crippen molar-refractivity contribution < 1.29 is 13.2 Å². The number of amides is 1. The number of rotatable bonds is 4. The quantitative estimate of drug-likeness (QED) is 0.923. The van der Waals surface area contributed by atoms with Crippen LogP contribution < -0.4 is 5.32 Å². The fourth-order valence-electron chi connectivity index (χ4n) is 2.86. The standard InChI is InChI=1S/C18H20N2O3S/c1-3-6-17-19-16-8-5-4-7-15(16)18(21)20(17)24(22,23)14-11-9-13(2)10-12-14/h4-5,7-12,17,19H,3,6H2,1-2H3. The van der Waals surface area contributed by atoms with Crippen LogP contribution in [0.5, 0.6) is 0 Å². The van der Waals surface area contributed by atoms with Crippen LogP contribution in [-0.4, -0.2) is 24.8 Å². The number of benzene rings is 2. The molecule has 0 aromatic heterocycles. The summed E-state index contributed by atoms with van der Waals surface area (Å²) in [6.07, 6.45) is 0.724. The van der Waals surface area contributed by atoms with Crippen molar-refractivity contribution in [2.24, 2.45) is 0 Å². The highest BCUT2D eigenvalue weighted by Crippen LogP contribution is 2.31. The van der Waals surface area contributed by atoms with Gasteiger partial charge in [0.05, 0.1) is 10.5 Å². The lowest BCUT2D eigenvalue weighted by atomic mass is 10.1. The number of nitrogens with zero attached hydrogens (tertiary/aromatic N) is 1. The Bertz CT molecular complexity index is 860. The van der Waals surface area contributed by atoms with Gasteiger partial charge in [-0.15, -0.1) is 0 Å². The molecule has 1 heterocycles. The second-order valence-electron chi connectivity index (χ2n) is 5.91. The number of carbonyl (C=O) groups is 1. The van der Waals surface area contributed by atoms with Crippen LogP contribution in [0.3, 0.4) is 0 Å². The van der Waals surface area contributed by atoms with E-state index in [1.54, 1.807) is 42.5 Å². The van der Waals surface area contributed by atoms with Crippen LogP contribution in [0.1, 0.15) is 35.7 Å². The topological polar surface area (TPSA) is 66.5 Å². The third kappa shape index (κ3) is 2.78. The van der Waals surface area contributed by atoms with Crippen LogP contribution in [0.25, 0.3) is 0 Å². The van der Waals surface area contributed by atoms with E-state index in [-0.39, 0.29) is 4.90 Å². The highest BCUT2D eigenvalue weighted by atomic mass is 32.2. The highest BCUT2D eigenvalue weighted by molar-refractivity contribution is 7.89. The molecule has 0 radical (unpaired) electrons. The maximum Gasteiger partial charge on any atom is 0.271 e. The van der Waals surface area contributed by atoms with Crippen molar-refractivity contribution in [2.45, 2.75) is 37.8 Å². The number of para-hydroxylation sites is 1. The van der Waals surface area contributed by atoms with Gasteiger partial charge in [0.1, 0.15) is 6.17 Å². The second kappa shape index (κ2) is 6.28. The number of anilines is 1. The molecule has 6 heteroatoms. The molecule has 1 amide bonds. The van der Waals surface area contributed by atoms with Gasteiger partial charge >= 0.3 is 0 Å². The molecule has 0 fully saturated rings. The first-order chi connectivity index (χ1) is 11.4. The Kier molecular flexibility index (Phi) is 4.32. The van der Waals surface area contributed by atoms with E-state index in [4.69, 9.17) is 0 Å². The van der Waals surface area contributed by atoms with Crippen LogP contribution in [0, 0.1) is 6.92 Å². The smallest absolute Gasteiger partial charge is 0.271 e. The summed E-state index contributed by atoms with van der Waals surface area (Å²) < 4.78 is 27.1. The predicted octanol–water partition coefficient (Wildman–Crippen LogP) is 3.38. The lowest BCUT2D eigenvalue weighted by Crippen LogP contribution is -2.51. The molecule has 126 valence electrons. The van der Waals surface area contributed by atoms with Gasteiger partial charge in [-0.05, 0) is 37.6 Å². The summed E-state index contributed by atoms with van der Waals surface area (Å²) >= 11 is 0. The fourth-order valence-corrected chi connectivity index (χ4v) is 4.37. The molecule has 1 unspecified atom stereocenters. The molecule has 1 aliphatic rings. The number of nitrogens with one attached hydrogen (secondary N) is 1. The Hall–Kier alpha value is -2.34. The number of sulfonamides is 1. The average Bonchev–Trinajstić information content (AvgIpc) is 2.55. The van der Waals surface area contributed by atoms with Crippen molar-refractivity contribution in [1.82, 2.24) is 4.31 Å². The summed E-state index contributed by atoms with van der Waals surface area (Å²) in [6, 6.07) is 13.6. The van der Waals surface area contributed by atoms with E-state index in [9.17, 15) is 13.2 Å². The minimum absolute atomic E-state index is 0.128. The van der Waals surface area contributed by atoms with Gasteiger partial charge in [-0.2, -0.15) is 0 Å². The molecule has 0 aliphatic carbocycles. The summed E-state index contributed by atoms with van der Waals surface area (Å²) in [5.41, 5.74) is 2.02. The molecule has 1 aliphatic heterocycles. The Morgan fingerprint density at radius 2 is 1.75 bits per heavy atom.